The van der Waals surface area contributed by atoms with E-state index in [0.29, 0.717) is 18.3 Å². The minimum Gasteiger partial charge on any atom is -0.348 e. The summed E-state index contributed by atoms with van der Waals surface area (Å²) in [6.07, 6.45) is 3.25. The summed E-state index contributed by atoms with van der Waals surface area (Å²) in [5.41, 5.74) is 0. The molecule has 1 fully saturated rings. The highest BCUT2D eigenvalue weighted by atomic mass is 16.5. The van der Waals surface area contributed by atoms with Crippen LogP contribution in [0.2, 0.25) is 0 Å². The first-order chi connectivity index (χ1) is 6.75. The maximum atomic E-state index is 11.5. The fourth-order valence-electron chi connectivity index (χ4n) is 1.70. The van der Waals surface area contributed by atoms with E-state index in [-0.39, 0.29) is 11.8 Å². The van der Waals surface area contributed by atoms with Crippen molar-refractivity contribution in [2.24, 2.45) is 11.8 Å². The number of carbonyl (C=O) groups excluding carboxylic acids is 1. The van der Waals surface area contributed by atoms with E-state index < -0.39 is 0 Å². The van der Waals surface area contributed by atoms with Crippen molar-refractivity contribution in [1.82, 2.24) is 15.5 Å². The van der Waals surface area contributed by atoms with Crippen LogP contribution in [0.3, 0.4) is 0 Å². The standard InChI is InChI=1S/C9H13N3O2/c1-6-2-7(3-6)9(13)10-4-8-11-5-14-12-8/h5-7H,2-4H2,1H3,(H,10,13). The summed E-state index contributed by atoms with van der Waals surface area (Å²) in [4.78, 5) is 15.3. The monoisotopic (exact) mass is 195 g/mol. The number of nitrogens with zero attached hydrogens (tertiary/aromatic N) is 2. The Bertz CT molecular complexity index is 304. The van der Waals surface area contributed by atoms with Gasteiger partial charge in [0.25, 0.3) is 0 Å². The van der Waals surface area contributed by atoms with E-state index in [1.807, 2.05) is 0 Å². The van der Waals surface area contributed by atoms with Gasteiger partial charge < -0.3 is 9.84 Å². The molecular weight excluding hydrogens is 182 g/mol. The number of aromatic nitrogens is 2. The van der Waals surface area contributed by atoms with Crippen LogP contribution in [0.5, 0.6) is 0 Å². The normalized spacial score (nSPS) is 25.5. The SMILES string of the molecule is CC1CC(C(=O)NCc2ncon2)C1. The molecule has 5 nitrogen and oxygen atoms in total. The van der Waals surface area contributed by atoms with Crippen LogP contribution in [-0.2, 0) is 11.3 Å². The fraction of sp³-hybridized carbons (Fsp3) is 0.667. The van der Waals surface area contributed by atoms with Gasteiger partial charge in [-0.15, -0.1) is 0 Å². The molecule has 14 heavy (non-hydrogen) atoms. The minimum atomic E-state index is 0.105. The minimum absolute atomic E-state index is 0.105. The first-order valence-corrected chi connectivity index (χ1v) is 4.78. The first-order valence-electron chi connectivity index (χ1n) is 4.78. The van der Waals surface area contributed by atoms with E-state index in [0.717, 1.165) is 12.8 Å². The number of hydrogen-bond acceptors (Lipinski definition) is 4. The van der Waals surface area contributed by atoms with Crippen molar-refractivity contribution in [3.63, 3.8) is 0 Å². The van der Waals surface area contributed by atoms with Crippen LogP contribution in [0, 0.1) is 11.8 Å². The second-order valence-electron chi connectivity index (χ2n) is 3.84. The highest BCUT2D eigenvalue weighted by Crippen LogP contribution is 2.32. The van der Waals surface area contributed by atoms with E-state index in [2.05, 4.69) is 26.9 Å². The quantitative estimate of drug-likeness (QED) is 0.772. The third kappa shape index (κ3) is 1.92. The van der Waals surface area contributed by atoms with Crippen LogP contribution in [0.1, 0.15) is 25.6 Å². The summed E-state index contributed by atoms with van der Waals surface area (Å²) >= 11 is 0. The Balaban J connectivity index is 1.73. The third-order valence-corrected chi connectivity index (χ3v) is 2.57. The van der Waals surface area contributed by atoms with Gasteiger partial charge in [0.15, 0.2) is 5.82 Å². The van der Waals surface area contributed by atoms with Crippen LogP contribution >= 0.6 is 0 Å². The Morgan fingerprint density at radius 1 is 1.71 bits per heavy atom. The van der Waals surface area contributed by atoms with Gasteiger partial charge >= 0.3 is 0 Å². The molecule has 1 aromatic heterocycles. The molecule has 1 aliphatic rings. The van der Waals surface area contributed by atoms with Gasteiger partial charge in [-0.25, -0.2) is 0 Å². The van der Waals surface area contributed by atoms with Gasteiger partial charge in [-0.2, -0.15) is 4.98 Å². The number of rotatable bonds is 3. The maximum absolute atomic E-state index is 11.5. The summed E-state index contributed by atoms with van der Waals surface area (Å²) < 4.78 is 4.55. The molecule has 0 saturated heterocycles. The van der Waals surface area contributed by atoms with Crippen LogP contribution in [0.25, 0.3) is 0 Å². The molecule has 0 unspecified atom stereocenters. The van der Waals surface area contributed by atoms with Gasteiger partial charge in [0.1, 0.15) is 0 Å². The van der Waals surface area contributed by atoms with Crippen LogP contribution in [0.15, 0.2) is 10.9 Å². The van der Waals surface area contributed by atoms with Gasteiger partial charge in [0, 0.05) is 5.92 Å². The summed E-state index contributed by atoms with van der Waals surface area (Å²) in [5, 5.41) is 6.39. The van der Waals surface area contributed by atoms with Gasteiger partial charge in [0.05, 0.1) is 6.54 Å². The Labute approximate surface area is 81.9 Å². The van der Waals surface area contributed by atoms with Crippen molar-refractivity contribution >= 4 is 5.91 Å². The molecule has 0 radical (unpaired) electrons. The molecule has 76 valence electrons. The zero-order valence-electron chi connectivity index (χ0n) is 8.06. The Kier molecular flexibility index (Phi) is 2.47. The van der Waals surface area contributed by atoms with E-state index in [4.69, 9.17) is 0 Å². The highest BCUT2D eigenvalue weighted by Gasteiger charge is 2.31. The number of nitrogens with one attached hydrogen (secondary N) is 1. The molecular formula is C9H13N3O2. The molecule has 5 heteroatoms. The molecule has 0 bridgehead atoms. The lowest BCUT2D eigenvalue weighted by Gasteiger charge is -2.31. The predicted octanol–water partition coefficient (Wildman–Crippen LogP) is 0.732. The zero-order valence-corrected chi connectivity index (χ0v) is 8.06. The van der Waals surface area contributed by atoms with Gasteiger partial charge in [-0.3, -0.25) is 4.79 Å². The van der Waals surface area contributed by atoms with E-state index in [1.54, 1.807) is 0 Å². The van der Waals surface area contributed by atoms with E-state index in [1.165, 1.54) is 6.39 Å². The topological polar surface area (TPSA) is 68.0 Å². The molecule has 1 heterocycles. The maximum Gasteiger partial charge on any atom is 0.223 e. The molecule has 1 amide bonds. The summed E-state index contributed by atoms with van der Waals surface area (Å²) in [5.74, 6) is 1.51. The lowest BCUT2D eigenvalue weighted by Crippen LogP contribution is -2.37. The Hall–Kier alpha value is -1.39. The predicted molar refractivity (Wildman–Crippen MR) is 48.0 cm³/mol. The highest BCUT2D eigenvalue weighted by molar-refractivity contribution is 5.79. The smallest absolute Gasteiger partial charge is 0.223 e. The van der Waals surface area contributed by atoms with Crippen LogP contribution < -0.4 is 5.32 Å². The van der Waals surface area contributed by atoms with Crippen molar-refractivity contribution in [3.8, 4) is 0 Å². The van der Waals surface area contributed by atoms with Crippen molar-refractivity contribution in [3.05, 3.63) is 12.2 Å². The molecule has 1 N–H and O–H groups in total. The summed E-state index contributed by atoms with van der Waals surface area (Å²) in [7, 11) is 0. The second-order valence-corrected chi connectivity index (χ2v) is 3.84. The molecule has 0 atom stereocenters. The molecule has 0 aliphatic heterocycles. The van der Waals surface area contributed by atoms with E-state index in [9.17, 15) is 4.79 Å². The largest absolute Gasteiger partial charge is 0.348 e. The van der Waals surface area contributed by atoms with Gasteiger partial charge in [-0.1, -0.05) is 12.1 Å². The van der Waals surface area contributed by atoms with Crippen LogP contribution in [-0.4, -0.2) is 16.0 Å². The number of hydrogen-bond donors (Lipinski definition) is 1. The molecule has 0 spiro atoms. The third-order valence-electron chi connectivity index (χ3n) is 2.57. The lowest BCUT2D eigenvalue weighted by atomic mass is 9.76. The van der Waals surface area contributed by atoms with Crippen LogP contribution in [0.4, 0.5) is 0 Å². The van der Waals surface area contributed by atoms with Crippen molar-refractivity contribution in [2.75, 3.05) is 0 Å². The van der Waals surface area contributed by atoms with Crippen molar-refractivity contribution < 1.29 is 9.32 Å². The lowest BCUT2D eigenvalue weighted by molar-refractivity contribution is -0.129. The fourth-order valence-corrected chi connectivity index (χ4v) is 1.70. The van der Waals surface area contributed by atoms with Gasteiger partial charge in [-0.05, 0) is 18.8 Å². The molecule has 2 rings (SSSR count). The van der Waals surface area contributed by atoms with Crippen molar-refractivity contribution in [2.45, 2.75) is 26.3 Å². The first kappa shape index (κ1) is 9.18. The summed E-state index contributed by atoms with van der Waals surface area (Å²) in [6, 6.07) is 0. The number of amides is 1. The zero-order chi connectivity index (χ0) is 9.97. The molecule has 1 saturated carbocycles. The average Bonchev–Trinajstić information content (AvgIpc) is 2.61. The van der Waals surface area contributed by atoms with Crippen molar-refractivity contribution in [1.29, 1.82) is 0 Å². The Morgan fingerprint density at radius 3 is 3.07 bits per heavy atom. The van der Waals surface area contributed by atoms with E-state index >= 15 is 0 Å². The second kappa shape index (κ2) is 3.77. The number of carbonyl (C=O) groups is 1. The van der Waals surface area contributed by atoms with Gasteiger partial charge in [0.2, 0.25) is 12.3 Å². The average molecular weight is 195 g/mol. The molecule has 0 aromatic carbocycles. The summed E-state index contributed by atoms with van der Waals surface area (Å²) in [6.45, 7) is 2.52. The molecule has 1 aromatic rings. The molecule has 1 aliphatic carbocycles. The Morgan fingerprint density at radius 2 is 2.50 bits per heavy atom.